The summed E-state index contributed by atoms with van der Waals surface area (Å²) < 4.78 is 5.13. The number of nitrogens with one attached hydrogen (secondary N) is 1. The van der Waals surface area contributed by atoms with Gasteiger partial charge in [-0.2, -0.15) is 0 Å². The van der Waals surface area contributed by atoms with Crippen LogP contribution in [0.15, 0.2) is 47.3 Å². The summed E-state index contributed by atoms with van der Waals surface area (Å²) in [6, 6.07) is 8.14. The van der Waals surface area contributed by atoms with E-state index in [0.717, 1.165) is 5.56 Å². The van der Waals surface area contributed by atoms with Crippen LogP contribution in [0.3, 0.4) is 0 Å². The molecule has 0 saturated heterocycles. The molecule has 116 valence electrons. The number of aryl methyl sites for hydroxylation is 1. The fourth-order valence-electron chi connectivity index (χ4n) is 2.48. The summed E-state index contributed by atoms with van der Waals surface area (Å²) in [6.07, 6.45) is 0. The first-order valence-corrected chi connectivity index (χ1v) is 7.04. The molecule has 0 fully saturated rings. The standard InChI is InChI=1S/C18H15NO4/c1-9(2)18(22)23-11-7-13-15(14(20)8-11)17(21)12-6-4-5-10(3)16(12)19-13/h4-8,20H,1H2,2-3H3,(H,19,21). The van der Waals surface area contributed by atoms with Gasteiger partial charge < -0.3 is 14.8 Å². The number of rotatable bonds is 2. The predicted molar refractivity (Wildman–Crippen MR) is 88.9 cm³/mol. The molecule has 1 heterocycles. The van der Waals surface area contributed by atoms with E-state index < -0.39 is 5.97 Å². The lowest BCUT2D eigenvalue weighted by atomic mass is 10.1. The van der Waals surface area contributed by atoms with Crippen LogP contribution < -0.4 is 10.2 Å². The molecule has 0 aliphatic heterocycles. The van der Waals surface area contributed by atoms with Crippen LogP contribution in [0.2, 0.25) is 0 Å². The highest BCUT2D eigenvalue weighted by Gasteiger charge is 2.14. The van der Waals surface area contributed by atoms with Crippen molar-refractivity contribution in [2.24, 2.45) is 0 Å². The molecule has 5 nitrogen and oxygen atoms in total. The number of aromatic hydroxyl groups is 1. The Kier molecular flexibility index (Phi) is 3.41. The molecule has 3 aromatic rings. The lowest BCUT2D eigenvalue weighted by Gasteiger charge is -2.09. The molecule has 5 heteroatoms. The fourth-order valence-corrected chi connectivity index (χ4v) is 2.48. The summed E-state index contributed by atoms with van der Waals surface area (Å²) >= 11 is 0. The smallest absolute Gasteiger partial charge is 0.338 e. The molecule has 0 atom stereocenters. The van der Waals surface area contributed by atoms with Gasteiger partial charge in [0.05, 0.1) is 16.4 Å². The Labute approximate surface area is 131 Å². The number of aromatic amines is 1. The Balaban J connectivity index is 2.30. The number of H-pyrrole nitrogens is 1. The van der Waals surface area contributed by atoms with Gasteiger partial charge in [0.25, 0.3) is 0 Å². The monoisotopic (exact) mass is 309 g/mol. The highest BCUT2D eigenvalue weighted by Crippen LogP contribution is 2.29. The zero-order valence-electron chi connectivity index (χ0n) is 12.8. The van der Waals surface area contributed by atoms with Gasteiger partial charge in [-0.25, -0.2) is 4.79 Å². The third-order valence-corrected chi connectivity index (χ3v) is 3.65. The van der Waals surface area contributed by atoms with Gasteiger partial charge in [0, 0.05) is 23.1 Å². The number of fused-ring (bicyclic) bond motifs is 2. The second kappa shape index (κ2) is 5.28. The van der Waals surface area contributed by atoms with Crippen molar-refractivity contribution in [3.05, 3.63) is 58.3 Å². The number of phenolic OH excluding ortho intramolecular Hbond substituents is 1. The Hall–Kier alpha value is -3.08. The van der Waals surface area contributed by atoms with Crippen molar-refractivity contribution in [2.75, 3.05) is 0 Å². The quantitative estimate of drug-likeness (QED) is 0.330. The van der Waals surface area contributed by atoms with Gasteiger partial charge >= 0.3 is 5.97 Å². The van der Waals surface area contributed by atoms with E-state index >= 15 is 0 Å². The number of hydrogen-bond acceptors (Lipinski definition) is 4. The maximum atomic E-state index is 12.6. The molecule has 23 heavy (non-hydrogen) atoms. The molecule has 0 aliphatic carbocycles. The predicted octanol–water partition coefficient (Wildman–Crippen LogP) is 3.18. The minimum absolute atomic E-state index is 0.145. The van der Waals surface area contributed by atoms with E-state index in [-0.39, 0.29) is 27.9 Å². The van der Waals surface area contributed by atoms with Crippen molar-refractivity contribution in [1.82, 2.24) is 4.98 Å². The molecule has 0 aliphatic rings. The first-order valence-electron chi connectivity index (χ1n) is 7.04. The van der Waals surface area contributed by atoms with Crippen LogP contribution in [-0.2, 0) is 4.79 Å². The van der Waals surface area contributed by atoms with Crippen LogP contribution in [0, 0.1) is 6.92 Å². The van der Waals surface area contributed by atoms with E-state index in [1.807, 2.05) is 13.0 Å². The molecule has 0 bridgehead atoms. The summed E-state index contributed by atoms with van der Waals surface area (Å²) in [6.45, 7) is 6.92. The van der Waals surface area contributed by atoms with Crippen LogP contribution in [0.4, 0.5) is 0 Å². The SMILES string of the molecule is C=C(C)C(=O)Oc1cc(O)c2c(=O)c3cccc(C)c3[nH]c2c1. The molecule has 3 rings (SSSR count). The van der Waals surface area contributed by atoms with Crippen molar-refractivity contribution >= 4 is 27.8 Å². The van der Waals surface area contributed by atoms with Gasteiger partial charge in [-0.1, -0.05) is 18.7 Å². The molecular formula is C18H15NO4. The van der Waals surface area contributed by atoms with Crippen molar-refractivity contribution in [1.29, 1.82) is 0 Å². The highest BCUT2D eigenvalue weighted by molar-refractivity contribution is 5.97. The minimum Gasteiger partial charge on any atom is -0.507 e. The Morgan fingerprint density at radius 1 is 1.30 bits per heavy atom. The first kappa shape index (κ1) is 14.8. The van der Waals surface area contributed by atoms with Crippen molar-refractivity contribution in [2.45, 2.75) is 13.8 Å². The van der Waals surface area contributed by atoms with E-state index in [2.05, 4.69) is 11.6 Å². The van der Waals surface area contributed by atoms with Gasteiger partial charge in [-0.15, -0.1) is 0 Å². The molecule has 1 aromatic heterocycles. The normalized spacial score (nSPS) is 10.9. The largest absolute Gasteiger partial charge is 0.507 e. The molecule has 0 spiro atoms. The summed E-state index contributed by atoms with van der Waals surface area (Å²) in [5.74, 6) is -0.689. The van der Waals surface area contributed by atoms with Crippen LogP contribution in [0.5, 0.6) is 11.5 Å². The topological polar surface area (TPSA) is 79.4 Å². The fraction of sp³-hybridized carbons (Fsp3) is 0.111. The maximum absolute atomic E-state index is 12.6. The van der Waals surface area contributed by atoms with Crippen LogP contribution in [0.25, 0.3) is 21.8 Å². The van der Waals surface area contributed by atoms with Crippen molar-refractivity contribution in [3.8, 4) is 11.5 Å². The molecule has 0 radical (unpaired) electrons. The van der Waals surface area contributed by atoms with E-state index in [4.69, 9.17) is 4.74 Å². The number of hydrogen-bond donors (Lipinski definition) is 2. The zero-order chi connectivity index (χ0) is 16.7. The summed E-state index contributed by atoms with van der Waals surface area (Å²) in [5.41, 5.74) is 1.97. The lowest BCUT2D eigenvalue weighted by Crippen LogP contribution is -2.09. The Bertz CT molecular complexity index is 1030. The van der Waals surface area contributed by atoms with E-state index in [9.17, 15) is 14.7 Å². The molecular weight excluding hydrogens is 294 g/mol. The average molecular weight is 309 g/mol. The third kappa shape index (κ3) is 2.46. The highest BCUT2D eigenvalue weighted by atomic mass is 16.5. The van der Waals surface area contributed by atoms with Crippen LogP contribution >= 0.6 is 0 Å². The summed E-state index contributed by atoms with van der Waals surface area (Å²) in [7, 11) is 0. The van der Waals surface area contributed by atoms with Gasteiger partial charge in [0.1, 0.15) is 11.5 Å². The zero-order valence-corrected chi connectivity index (χ0v) is 12.8. The van der Waals surface area contributed by atoms with Gasteiger partial charge in [0.15, 0.2) is 0 Å². The van der Waals surface area contributed by atoms with Crippen molar-refractivity contribution < 1.29 is 14.6 Å². The summed E-state index contributed by atoms with van der Waals surface area (Å²) in [5, 5.41) is 10.8. The van der Waals surface area contributed by atoms with E-state index in [0.29, 0.717) is 16.4 Å². The molecule has 0 amide bonds. The number of pyridine rings is 1. The minimum atomic E-state index is -0.594. The number of carbonyl (C=O) groups is 1. The first-order chi connectivity index (χ1) is 10.9. The lowest BCUT2D eigenvalue weighted by molar-refractivity contribution is -0.130. The number of aromatic nitrogens is 1. The van der Waals surface area contributed by atoms with Crippen LogP contribution in [0.1, 0.15) is 12.5 Å². The Morgan fingerprint density at radius 2 is 2.04 bits per heavy atom. The maximum Gasteiger partial charge on any atom is 0.338 e. The van der Waals surface area contributed by atoms with Gasteiger partial charge in [-0.05, 0) is 25.5 Å². The van der Waals surface area contributed by atoms with E-state index in [1.54, 1.807) is 12.1 Å². The Morgan fingerprint density at radius 3 is 2.74 bits per heavy atom. The second-order valence-electron chi connectivity index (χ2n) is 5.49. The molecule has 0 unspecified atom stereocenters. The number of esters is 1. The number of ether oxygens (including phenoxy) is 1. The van der Waals surface area contributed by atoms with Gasteiger partial charge in [0.2, 0.25) is 5.43 Å². The summed E-state index contributed by atoms with van der Waals surface area (Å²) in [4.78, 5) is 27.3. The third-order valence-electron chi connectivity index (χ3n) is 3.65. The number of carbonyl (C=O) groups excluding carboxylic acids is 1. The number of para-hydroxylation sites is 1. The molecule has 2 aromatic carbocycles. The molecule has 2 N–H and O–H groups in total. The second-order valence-corrected chi connectivity index (χ2v) is 5.49. The van der Waals surface area contributed by atoms with Crippen LogP contribution in [-0.4, -0.2) is 16.1 Å². The number of benzene rings is 2. The number of phenols is 1. The van der Waals surface area contributed by atoms with E-state index in [1.165, 1.54) is 19.1 Å². The molecule has 0 saturated carbocycles. The van der Waals surface area contributed by atoms with Gasteiger partial charge in [-0.3, -0.25) is 4.79 Å². The average Bonchev–Trinajstić information content (AvgIpc) is 2.48. The van der Waals surface area contributed by atoms with Crippen molar-refractivity contribution in [3.63, 3.8) is 0 Å².